The third kappa shape index (κ3) is 3.19. The fraction of sp³-hybridized carbons (Fsp3) is 0.421. The second kappa shape index (κ2) is 6.39. The monoisotopic (exact) mass is 358 g/mol. The van der Waals surface area contributed by atoms with Gasteiger partial charge in [0, 0.05) is 38.4 Å². The zero-order chi connectivity index (χ0) is 18.2. The molecule has 136 valence electrons. The Hall–Kier alpha value is -2.41. The number of amides is 1. The number of aromatic nitrogens is 2. The van der Waals surface area contributed by atoms with Crippen LogP contribution in [-0.2, 0) is 11.3 Å². The van der Waals surface area contributed by atoms with Crippen molar-refractivity contribution in [1.29, 1.82) is 0 Å². The predicted molar refractivity (Wildman–Crippen MR) is 92.7 cm³/mol. The maximum absolute atomic E-state index is 14.5. The second-order valence-electron chi connectivity index (χ2n) is 7.20. The van der Waals surface area contributed by atoms with Crippen LogP contribution in [0.2, 0.25) is 0 Å². The Labute approximate surface area is 150 Å². The Kier molecular flexibility index (Phi) is 4.19. The van der Waals surface area contributed by atoms with Crippen LogP contribution >= 0.6 is 0 Å². The lowest BCUT2D eigenvalue weighted by molar-refractivity contribution is -0.147. The summed E-state index contributed by atoms with van der Waals surface area (Å²) in [5.74, 6) is -3.12. The van der Waals surface area contributed by atoms with E-state index in [4.69, 9.17) is 0 Å². The Bertz CT molecular complexity index is 787. The first-order chi connectivity index (χ1) is 12.5. The van der Waals surface area contributed by atoms with E-state index in [-0.39, 0.29) is 12.5 Å². The number of pyridine rings is 2. The SMILES string of the molecule is O=C1N(c2cccnc2)CC[C@]12CN(Cc1ccccn1)CC(F)(F)C2. The first kappa shape index (κ1) is 17.0. The van der Waals surface area contributed by atoms with E-state index in [0.717, 1.165) is 5.69 Å². The van der Waals surface area contributed by atoms with Crippen molar-refractivity contribution in [2.75, 3.05) is 24.5 Å². The quantitative estimate of drug-likeness (QED) is 0.847. The van der Waals surface area contributed by atoms with Crippen molar-refractivity contribution in [2.24, 2.45) is 5.41 Å². The Morgan fingerprint density at radius 1 is 1.12 bits per heavy atom. The van der Waals surface area contributed by atoms with Gasteiger partial charge in [-0.2, -0.15) is 0 Å². The van der Waals surface area contributed by atoms with Crippen molar-refractivity contribution in [3.05, 3.63) is 54.6 Å². The fourth-order valence-corrected chi connectivity index (χ4v) is 4.14. The number of hydrogen-bond donors (Lipinski definition) is 0. The van der Waals surface area contributed by atoms with Crippen LogP contribution in [0.3, 0.4) is 0 Å². The summed E-state index contributed by atoms with van der Waals surface area (Å²) in [5.41, 5.74) is 0.348. The molecule has 0 aliphatic carbocycles. The number of nitrogens with zero attached hydrogens (tertiary/aromatic N) is 4. The Balaban J connectivity index is 1.58. The fourth-order valence-electron chi connectivity index (χ4n) is 4.14. The van der Waals surface area contributed by atoms with Gasteiger partial charge >= 0.3 is 0 Å². The van der Waals surface area contributed by atoms with Gasteiger partial charge in [-0.3, -0.25) is 19.7 Å². The molecule has 4 rings (SSSR count). The molecule has 0 bridgehead atoms. The van der Waals surface area contributed by atoms with E-state index in [1.807, 2.05) is 12.1 Å². The highest BCUT2D eigenvalue weighted by Crippen LogP contribution is 2.46. The van der Waals surface area contributed by atoms with Crippen LogP contribution in [0, 0.1) is 5.41 Å². The molecule has 2 aliphatic rings. The van der Waals surface area contributed by atoms with Crippen LogP contribution in [0.5, 0.6) is 0 Å². The lowest BCUT2D eigenvalue weighted by atomic mass is 9.77. The molecule has 1 amide bonds. The highest BCUT2D eigenvalue weighted by atomic mass is 19.3. The zero-order valence-electron chi connectivity index (χ0n) is 14.3. The average Bonchev–Trinajstić information content (AvgIpc) is 2.91. The topological polar surface area (TPSA) is 49.3 Å². The minimum Gasteiger partial charge on any atom is -0.310 e. The molecule has 0 radical (unpaired) electrons. The van der Waals surface area contributed by atoms with Gasteiger partial charge in [0.05, 0.1) is 29.5 Å². The molecule has 5 nitrogen and oxygen atoms in total. The summed E-state index contributed by atoms with van der Waals surface area (Å²) in [6.07, 6.45) is 4.91. The second-order valence-corrected chi connectivity index (χ2v) is 7.20. The van der Waals surface area contributed by atoms with Crippen LogP contribution in [0.1, 0.15) is 18.5 Å². The van der Waals surface area contributed by atoms with Gasteiger partial charge in [-0.25, -0.2) is 8.78 Å². The number of piperidine rings is 1. The largest absolute Gasteiger partial charge is 0.310 e. The van der Waals surface area contributed by atoms with E-state index in [2.05, 4.69) is 9.97 Å². The Morgan fingerprint density at radius 2 is 2.00 bits per heavy atom. The van der Waals surface area contributed by atoms with Crippen molar-refractivity contribution in [1.82, 2.24) is 14.9 Å². The van der Waals surface area contributed by atoms with Gasteiger partial charge in [0.1, 0.15) is 0 Å². The molecular formula is C19H20F2N4O. The predicted octanol–water partition coefficient (Wildman–Crippen LogP) is 2.74. The van der Waals surface area contributed by atoms with Gasteiger partial charge in [0.2, 0.25) is 5.91 Å². The van der Waals surface area contributed by atoms with Gasteiger partial charge in [-0.05, 0) is 30.7 Å². The van der Waals surface area contributed by atoms with E-state index in [9.17, 15) is 13.6 Å². The maximum Gasteiger partial charge on any atom is 0.261 e. The van der Waals surface area contributed by atoms with Crippen LogP contribution in [0.4, 0.5) is 14.5 Å². The third-order valence-corrected chi connectivity index (χ3v) is 5.16. The molecule has 2 aromatic heterocycles. The molecule has 0 saturated carbocycles. The average molecular weight is 358 g/mol. The zero-order valence-corrected chi connectivity index (χ0v) is 14.3. The molecule has 0 unspecified atom stereocenters. The normalized spacial score (nSPS) is 25.8. The summed E-state index contributed by atoms with van der Waals surface area (Å²) in [5, 5.41) is 0. The molecule has 26 heavy (non-hydrogen) atoms. The first-order valence-electron chi connectivity index (χ1n) is 8.70. The number of alkyl halides is 2. The van der Waals surface area contributed by atoms with Crippen molar-refractivity contribution < 1.29 is 13.6 Å². The molecule has 2 aliphatic heterocycles. The Morgan fingerprint density at radius 3 is 2.73 bits per heavy atom. The van der Waals surface area contributed by atoms with Crippen LogP contribution in [-0.4, -0.2) is 46.3 Å². The number of anilines is 1. The van der Waals surface area contributed by atoms with Crippen molar-refractivity contribution >= 4 is 11.6 Å². The van der Waals surface area contributed by atoms with E-state index >= 15 is 0 Å². The first-order valence-corrected chi connectivity index (χ1v) is 8.70. The van der Waals surface area contributed by atoms with Crippen LogP contribution in [0.25, 0.3) is 0 Å². The van der Waals surface area contributed by atoms with Gasteiger partial charge in [0.25, 0.3) is 5.92 Å². The summed E-state index contributed by atoms with van der Waals surface area (Å²) in [7, 11) is 0. The van der Waals surface area contributed by atoms with Crippen LogP contribution in [0.15, 0.2) is 48.9 Å². The third-order valence-electron chi connectivity index (χ3n) is 5.16. The molecule has 1 atom stereocenters. The smallest absolute Gasteiger partial charge is 0.261 e. The molecule has 4 heterocycles. The molecule has 1 spiro atoms. The molecule has 0 N–H and O–H groups in total. The molecule has 2 fully saturated rings. The van der Waals surface area contributed by atoms with Gasteiger partial charge in [0.15, 0.2) is 0 Å². The lowest BCUT2D eigenvalue weighted by Crippen LogP contribution is -2.55. The maximum atomic E-state index is 14.5. The van der Waals surface area contributed by atoms with Gasteiger partial charge in [-0.15, -0.1) is 0 Å². The van der Waals surface area contributed by atoms with E-state index in [1.54, 1.807) is 46.6 Å². The highest BCUT2D eigenvalue weighted by Gasteiger charge is 2.57. The van der Waals surface area contributed by atoms with Crippen LogP contribution < -0.4 is 4.90 Å². The van der Waals surface area contributed by atoms with Crippen molar-refractivity contribution in [3.63, 3.8) is 0 Å². The number of rotatable bonds is 3. The number of carbonyl (C=O) groups excluding carboxylic acids is 1. The van der Waals surface area contributed by atoms with Crippen molar-refractivity contribution in [2.45, 2.75) is 25.3 Å². The number of likely N-dealkylation sites (tertiary alicyclic amines) is 1. The summed E-state index contributed by atoms with van der Waals surface area (Å²) in [6.45, 7) is 0.747. The molecule has 2 saturated heterocycles. The van der Waals surface area contributed by atoms with Gasteiger partial charge < -0.3 is 4.90 Å². The van der Waals surface area contributed by atoms with Gasteiger partial charge in [-0.1, -0.05) is 6.07 Å². The van der Waals surface area contributed by atoms with E-state index in [0.29, 0.717) is 31.7 Å². The summed E-state index contributed by atoms with van der Waals surface area (Å²) in [6, 6.07) is 8.98. The summed E-state index contributed by atoms with van der Waals surface area (Å²) >= 11 is 0. The number of carbonyl (C=O) groups is 1. The minimum atomic E-state index is -2.90. The highest BCUT2D eigenvalue weighted by molar-refractivity contribution is 6.00. The molecule has 0 aromatic carbocycles. The molecular weight excluding hydrogens is 338 g/mol. The van der Waals surface area contributed by atoms with E-state index in [1.165, 1.54) is 0 Å². The standard InChI is InChI=1S/C19H20F2N4O/c20-19(21)12-18(13-24(14-19)11-15-4-1-2-8-23-15)6-9-25(17(18)26)16-5-3-7-22-10-16/h1-5,7-8,10H,6,9,11-14H2/t18-/m0/s1. The summed E-state index contributed by atoms with van der Waals surface area (Å²) < 4.78 is 29.0. The molecule has 7 heteroatoms. The minimum absolute atomic E-state index is 0.226. The number of halogens is 2. The van der Waals surface area contributed by atoms with Crippen molar-refractivity contribution in [3.8, 4) is 0 Å². The molecule has 2 aromatic rings. The lowest BCUT2D eigenvalue weighted by Gasteiger charge is -2.42. The van der Waals surface area contributed by atoms with E-state index < -0.39 is 17.8 Å². The summed E-state index contributed by atoms with van der Waals surface area (Å²) in [4.78, 5) is 24.6. The number of hydrogen-bond acceptors (Lipinski definition) is 4.